The highest BCUT2D eigenvalue weighted by molar-refractivity contribution is 7.09. The maximum Gasteiger partial charge on any atom is 0.303 e. The zero-order chi connectivity index (χ0) is 19.2. The van der Waals surface area contributed by atoms with Gasteiger partial charge >= 0.3 is 5.97 Å². The Morgan fingerprint density at radius 1 is 1.41 bits per heavy atom. The van der Waals surface area contributed by atoms with E-state index in [9.17, 15) is 9.59 Å². The van der Waals surface area contributed by atoms with Crippen LogP contribution in [-0.4, -0.2) is 40.0 Å². The number of aromatic nitrogens is 1. The lowest BCUT2D eigenvalue weighted by atomic mass is 9.93. The van der Waals surface area contributed by atoms with Gasteiger partial charge in [-0.15, -0.1) is 11.3 Å². The van der Waals surface area contributed by atoms with E-state index in [2.05, 4.69) is 4.98 Å². The molecule has 3 rings (SSSR count). The summed E-state index contributed by atoms with van der Waals surface area (Å²) in [5, 5.41) is 11.8. The number of hydrogen-bond acceptors (Lipinski definition) is 5. The number of aliphatic carboxylic acids is 1. The van der Waals surface area contributed by atoms with Crippen LogP contribution in [-0.2, 0) is 11.4 Å². The fraction of sp³-hybridized carbons (Fsp3) is 0.450. The van der Waals surface area contributed by atoms with Crippen molar-refractivity contribution >= 4 is 23.2 Å². The van der Waals surface area contributed by atoms with Gasteiger partial charge in [0.1, 0.15) is 12.4 Å². The first-order valence-electron chi connectivity index (χ1n) is 9.16. The van der Waals surface area contributed by atoms with Crippen molar-refractivity contribution in [3.8, 4) is 5.75 Å². The van der Waals surface area contributed by atoms with Crippen LogP contribution >= 0.6 is 11.3 Å². The molecule has 1 aromatic carbocycles. The fourth-order valence-electron chi connectivity index (χ4n) is 3.35. The predicted molar refractivity (Wildman–Crippen MR) is 103 cm³/mol. The quantitative estimate of drug-likeness (QED) is 0.781. The number of carboxylic acid groups (broad SMARTS) is 1. The van der Waals surface area contributed by atoms with E-state index >= 15 is 0 Å². The van der Waals surface area contributed by atoms with Crippen molar-refractivity contribution in [1.82, 2.24) is 9.88 Å². The molecule has 1 N–H and O–H groups in total. The minimum absolute atomic E-state index is 0.0232. The number of carboxylic acids is 1. The first kappa shape index (κ1) is 19.4. The lowest BCUT2D eigenvalue weighted by Gasteiger charge is -2.32. The highest BCUT2D eigenvalue weighted by Crippen LogP contribution is 2.24. The maximum absolute atomic E-state index is 12.9. The zero-order valence-corrected chi connectivity index (χ0v) is 16.2. The molecule has 0 radical (unpaired) electrons. The average molecular weight is 388 g/mol. The molecule has 1 amide bonds. The number of piperidine rings is 1. The second-order valence-electron chi connectivity index (χ2n) is 6.87. The number of carbonyl (C=O) groups is 2. The van der Waals surface area contributed by atoms with Gasteiger partial charge in [-0.25, -0.2) is 4.98 Å². The Bertz CT molecular complexity index is 805. The molecule has 0 saturated carbocycles. The first-order valence-corrected chi connectivity index (χ1v) is 10.0. The van der Waals surface area contributed by atoms with Gasteiger partial charge in [0.15, 0.2) is 0 Å². The van der Waals surface area contributed by atoms with Crippen LogP contribution in [0.2, 0.25) is 0 Å². The highest BCUT2D eigenvalue weighted by Gasteiger charge is 2.25. The van der Waals surface area contributed by atoms with E-state index < -0.39 is 5.97 Å². The van der Waals surface area contributed by atoms with Crippen molar-refractivity contribution in [2.24, 2.45) is 5.92 Å². The van der Waals surface area contributed by atoms with Gasteiger partial charge in [-0.3, -0.25) is 9.59 Å². The molecule has 27 heavy (non-hydrogen) atoms. The predicted octanol–water partition coefficient (Wildman–Crippen LogP) is 3.75. The summed E-state index contributed by atoms with van der Waals surface area (Å²) in [5.41, 5.74) is 1.48. The summed E-state index contributed by atoms with van der Waals surface area (Å²) < 4.78 is 5.78. The Morgan fingerprint density at radius 2 is 2.26 bits per heavy atom. The van der Waals surface area contributed by atoms with Gasteiger partial charge < -0.3 is 14.7 Å². The molecule has 1 atom stereocenters. The van der Waals surface area contributed by atoms with Crippen LogP contribution in [0.4, 0.5) is 0 Å². The standard InChI is InChI=1S/C20H24N2O4S/c1-14-21-17(13-27-14)12-26-18-6-2-5-16(10-18)20(25)22-9-3-4-15(11-22)7-8-19(23)24/h2,5-6,10,13,15H,3-4,7-9,11-12H2,1H3,(H,23,24)/t15-/m0/s1. The van der Waals surface area contributed by atoms with E-state index in [4.69, 9.17) is 9.84 Å². The monoisotopic (exact) mass is 388 g/mol. The molecule has 7 heteroatoms. The lowest BCUT2D eigenvalue weighted by Crippen LogP contribution is -2.40. The lowest BCUT2D eigenvalue weighted by molar-refractivity contribution is -0.137. The van der Waals surface area contributed by atoms with Gasteiger partial charge in [-0.2, -0.15) is 0 Å². The first-order chi connectivity index (χ1) is 13.0. The summed E-state index contributed by atoms with van der Waals surface area (Å²) in [6, 6.07) is 7.22. The summed E-state index contributed by atoms with van der Waals surface area (Å²) in [6.45, 7) is 3.67. The van der Waals surface area contributed by atoms with Crippen LogP contribution < -0.4 is 4.74 Å². The van der Waals surface area contributed by atoms with E-state index in [0.717, 1.165) is 23.5 Å². The summed E-state index contributed by atoms with van der Waals surface area (Å²) in [4.78, 5) is 29.8. The second kappa shape index (κ2) is 8.99. The summed E-state index contributed by atoms with van der Waals surface area (Å²) >= 11 is 1.58. The molecule has 6 nitrogen and oxygen atoms in total. The third-order valence-electron chi connectivity index (χ3n) is 4.71. The van der Waals surface area contributed by atoms with Crippen molar-refractivity contribution in [3.05, 3.63) is 45.9 Å². The average Bonchev–Trinajstić information content (AvgIpc) is 3.10. The van der Waals surface area contributed by atoms with Crippen LogP contribution in [0.3, 0.4) is 0 Å². The van der Waals surface area contributed by atoms with E-state index in [1.165, 1.54) is 0 Å². The molecule has 2 heterocycles. The number of nitrogens with zero attached hydrogens (tertiary/aromatic N) is 2. The largest absolute Gasteiger partial charge is 0.487 e. The SMILES string of the molecule is Cc1nc(COc2cccc(C(=O)N3CCC[C@@H](CCC(=O)O)C3)c2)cs1. The third kappa shape index (κ3) is 5.53. The number of ether oxygens (including phenoxy) is 1. The van der Waals surface area contributed by atoms with Crippen LogP contribution in [0, 0.1) is 12.8 Å². The van der Waals surface area contributed by atoms with E-state index in [1.54, 1.807) is 23.5 Å². The minimum atomic E-state index is -0.779. The number of likely N-dealkylation sites (tertiary alicyclic amines) is 1. The van der Waals surface area contributed by atoms with Gasteiger partial charge in [0, 0.05) is 30.5 Å². The van der Waals surface area contributed by atoms with Gasteiger partial charge in [-0.05, 0) is 50.3 Å². The number of hydrogen-bond donors (Lipinski definition) is 1. The van der Waals surface area contributed by atoms with Crippen molar-refractivity contribution in [2.75, 3.05) is 13.1 Å². The topological polar surface area (TPSA) is 79.7 Å². The molecule has 0 spiro atoms. The molecular formula is C20H24N2O4S. The van der Waals surface area contributed by atoms with E-state index in [-0.39, 0.29) is 18.2 Å². The van der Waals surface area contributed by atoms with E-state index in [0.29, 0.717) is 37.4 Å². The third-order valence-corrected chi connectivity index (χ3v) is 5.53. The Kier molecular flexibility index (Phi) is 6.45. The number of rotatable bonds is 7. The molecule has 1 fully saturated rings. The van der Waals surface area contributed by atoms with Gasteiger partial charge in [-0.1, -0.05) is 6.07 Å². The Labute approximate surface area is 162 Å². The van der Waals surface area contributed by atoms with Crippen molar-refractivity contribution in [1.29, 1.82) is 0 Å². The van der Waals surface area contributed by atoms with Gasteiger partial charge in [0.2, 0.25) is 0 Å². The maximum atomic E-state index is 12.9. The normalized spacial score (nSPS) is 16.9. The van der Waals surface area contributed by atoms with Crippen LogP contribution in [0.1, 0.15) is 46.7 Å². The van der Waals surface area contributed by atoms with Crippen LogP contribution in [0.25, 0.3) is 0 Å². The highest BCUT2D eigenvalue weighted by atomic mass is 32.1. The number of amides is 1. The van der Waals surface area contributed by atoms with Crippen molar-refractivity contribution < 1.29 is 19.4 Å². The molecular weight excluding hydrogens is 364 g/mol. The molecule has 1 aromatic heterocycles. The number of aryl methyl sites for hydroxylation is 1. The minimum Gasteiger partial charge on any atom is -0.487 e. The smallest absolute Gasteiger partial charge is 0.303 e. The molecule has 1 aliphatic heterocycles. The molecule has 0 bridgehead atoms. The van der Waals surface area contributed by atoms with Gasteiger partial charge in [0.05, 0.1) is 10.7 Å². The van der Waals surface area contributed by atoms with Crippen molar-refractivity contribution in [2.45, 2.75) is 39.2 Å². The summed E-state index contributed by atoms with van der Waals surface area (Å²) in [6.07, 6.45) is 2.67. The van der Waals surface area contributed by atoms with Crippen molar-refractivity contribution in [3.63, 3.8) is 0 Å². The zero-order valence-electron chi connectivity index (χ0n) is 15.4. The number of benzene rings is 1. The molecule has 0 aliphatic carbocycles. The summed E-state index contributed by atoms with van der Waals surface area (Å²) in [5.74, 6) is 0.0978. The second-order valence-corrected chi connectivity index (χ2v) is 7.93. The Balaban J connectivity index is 1.59. The van der Waals surface area contributed by atoms with E-state index in [1.807, 2.05) is 29.3 Å². The molecule has 2 aromatic rings. The Morgan fingerprint density at radius 3 is 3.00 bits per heavy atom. The Hall–Kier alpha value is -2.41. The van der Waals surface area contributed by atoms with Gasteiger partial charge in [0.25, 0.3) is 5.91 Å². The molecule has 1 saturated heterocycles. The van der Waals surface area contributed by atoms with Crippen LogP contribution in [0.5, 0.6) is 5.75 Å². The molecule has 1 aliphatic rings. The summed E-state index contributed by atoms with van der Waals surface area (Å²) in [7, 11) is 0. The number of carbonyl (C=O) groups excluding carboxylic acids is 1. The molecule has 0 unspecified atom stereocenters. The fourth-order valence-corrected chi connectivity index (χ4v) is 3.94. The molecule has 144 valence electrons. The van der Waals surface area contributed by atoms with Crippen LogP contribution in [0.15, 0.2) is 29.6 Å². The number of thiazole rings is 1.